The minimum Gasteiger partial charge on any atom is -0.484 e. The molecular weight excluding hydrogens is 424 g/mol. The molecule has 172 valence electrons. The third kappa shape index (κ3) is 6.73. The molecule has 5 nitrogen and oxygen atoms in total. The van der Waals surface area contributed by atoms with Crippen LogP contribution >= 0.6 is 11.6 Å². The first-order valence-electron chi connectivity index (χ1n) is 11.5. The number of rotatable bonds is 10. The standard InChI is InChI=1S/C26H33ClN2O3/c1-3-24(26(31)28-21-11-7-8-12-21)29(16-15-20-9-5-4-6-10-20)25(30)18-32-22-13-14-23(27)19(2)17-22/h4-6,9-10,13-14,17,21,24H,3,7-8,11-12,15-16,18H2,1-2H3,(H,28,31)/t24-/m1/s1. The quantitative estimate of drug-likeness (QED) is 0.551. The van der Waals surface area contributed by atoms with Gasteiger partial charge in [-0.3, -0.25) is 9.59 Å². The molecule has 1 aliphatic rings. The minimum absolute atomic E-state index is 0.0665. The van der Waals surface area contributed by atoms with Gasteiger partial charge >= 0.3 is 0 Å². The van der Waals surface area contributed by atoms with Gasteiger partial charge in [-0.2, -0.15) is 0 Å². The van der Waals surface area contributed by atoms with Crippen molar-refractivity contribution in [3.63, 3.8) is 0 Å². The zero-order chi connectivity index (χ0) is 22.9. The van der Waals surface area contributed by atoms with Crippen LogP contribution in [0.4, 0.5) is 0 Å². The first-order valence-corrected chi connectivity index (χ1v) is 11.9. The van der Waals surface area contributed by atoms with E-state index >= 15 is 0 Å². The summed E-state index contributed by atoms with van der Waals surface area (Å²) in [5.41, 5.74) is 2.02. The van der Waals surface area contributed by atoms with E-state index < -0.39 is 6.04 Å². The first kappa shape index (κ1) is 24.1. The Bertz CT molecular complexity index is 897. The highest BCUT2D eigenvalue weighted by atomic mass is 35.5. The van der Waals surface area contributed by atoms with Crippen molar-refractivity contribution in [3.8, 4) is 5.75 Å². The second-order valence-electron chi connectivity index (χ2n) is 8.44. The lowest BCUT2D eigenvalue weighted by atomic mass is 10.1. The van der Waals surface area contributed by atoms with Crippen molar-refractivity contribution in [2.45, 2.75) is 64.5 Å². The number of nitrogens with one attached hydrogen (secondary N) is 1. The van der Waals surface area contributed by atoms with Crippen LogP contribution in [0.1, 0.15) is 50.2 Å². The largest absolute Gasteiger partial charge is 0.484 e. The number of ether oxygens (including phenoxy) is 1. The Balaban J connectivity index is 1.70. The van der Waals surface area contributed by atoms with Crippen LogP contribution in [0.15, 0.2) is 48.5 Å². The van der Waals surface area contributed by atoms with E-state index in [4.69, 9.17) is 16.3 Å². The summed E-state index contributed by atoms with van der Waals surface area (Å²) in [6.45, 7) is 4.18. The van der Waals surface area contributed by atoms with Gasteiger partial charge in [0.15, 0.2) is 6.61 Å². The fraction of sp³-hybridized carbons (Fsp3) is 0.462. The molecule has 6 heteroatoms. The number of carbonyl (C=O) groups is 2. The number of aryl methyl sites for hydroxylation is 1. The molecule has 0 saturated heterocycles. The number of halogens is 1. The average molecular weight is 457 g/mol. The second-order valence-corrected chi connectivity index (χ2v) is 8.84. The maximum Gasteiger partial charge on any atom is 0.261 e. The van der Waals surface area contributed by atoms with Crippen LogP contribution in [0.2, 0.25) is 5.02 Å². The summed E-state index contributed by atoms with van der Waals surface area (Å²) in [5, 5.41) is 3.82. The van der Waals surface area contributed by atoms with E-state index in [1.807, 2.05) is 50.2 Å². The number of hydrogen-bond acceptors (Lipinski definition) is 3. The molecule has 3 rings (SSSR count). The highest BCUT2D eigenvalue weighted by molar-refractivity contribution is 6.31. The Kier molecular flexibility index (Phi) is 8.98. The van der Waals surface area contributed by atoms with E-state index in [0.717, 1.165) is 36.8 Å². The summed E-state index contributed by atoms with van der Waals surface area (Å²) < 4.78 is 5.76. The van der Waals surface area contributed by atoms with Crippen LogP contribution in [0.5, 0.6) is 5.75 Å². The van der Waals surface area contributed by atoms with Crippen molar-refractivity contribution in [1.29, 1.82) is 0 Å². The van der Waals surface area contributed by atoms with Gasteiger partial charge in [0, 0.05) is 17.6 Å². The molecule has 1 aliphatic carbocycles. The van der Waals surface area contributed by atoms with Gasteiger partial charge in [0.05, 0.1) is 0 Å². The third-order valence-corrected chi connectivity index (χ3v) is 6.49. The number of benzene rings is 2. The topological polar surface area (TPSA) is 58.6 Å². The number of amides is 2. The number of carbonyl (C=O) groups excluding carboxylic acids is 2. The Morgan fingerprint density at radius 2 is 1.88 bits per heavy atom. The highest BCUT2D eigenvalue weighted by Crippen LogP contribution is 2.22. The predicted molar refractivity (Wildman–Crippen MR) is 128 cm³/mol. The lowest BCUT2D eigenvalue weighted by molar-refractivity contribution is -0.142. The van der Waals surface area contributed by atoms with Crippen LogP contribution < -0.4 is 10.1 Å². The average Bonchev–Trinajstić information content (AvgIpc) is 3.30. The zero-order valence-corrected chi connectivity index (χ0v) is 19.7. The van der Waals surface area contributed by atoms with Crippen LogP contribution in [0.3, 0.4) is 0 Å². The van der Waals surface area contributed by atoms with Crippen LogP contribution in [0.25, 0.3) is 0 Å². The van der Waals surface area contributed by atoms with Gasteiger partial charge in [-0.1, -0.05) is 61.7 Å². The molecular formula is C26H33ClN2O3. The Morgan fingerprint density at radius 1 is 1.16 bits per heavy atom. The van der Waals surface area contributed by atoms with Gasteiger partial charge in [0.2, 0.25) is 5.91 Å². The SMILES string of the molecule is CC[C@H](C(=O)NC1CCCC1)N(CCc1ccccc1)C(=O)COc1ccc(Cl)c(C)c1. The third-order valence-electron chi connectivity index (χ3n) is 6.06. The number of hydrogen-bond donors (Lipinski definition) is 1. The molecule has 0 spiro atoms. The molecule has 1 N–H and O–H groups in total. The molecule has 1 atom stereocenters. The maximum atomic E-state index is 13.2. The lowest BCUT2D eigenvalue weighted by Crippen LogP contribution is -2.52. The first-order chi connectivity index (χ1) is 15.5. The van der Waals surface area contributed by atoms with Gasteiger partial charge in [0.25, 0.3) is 5.91 Å². The fourth-order valence-electron chi connectivity index (χ4n) is 4.20. The molecule has 0 aliphatic heterocycles. The Morgan fingerprint density at radius 3 is 2.53 bits per heavy atom. The molecule has 2 aromatic rings. The summed E-state index contributed by atoms with van der Waals surface area (Å²) in [6.07, 6.45) is 5.55. The van der Waals surface area contributed by atoms with E-state index in [1.165, 1.54) is 0 Å². The molecule has 1 saturated carbocycles. The summed E-state index contributed by atoms with van der Waals surface area (Å²) in [5.74, 6) is 0.330. The van der Waals surface area contributed by atoms with Crippen molar-refractivity contribution in [2.24, 2.45) is 0 Å². The van der Waals surface area contributed by atoms with Crippen LogP contribution in [0, 0.1) is 6.92 Å². The Labute approximate surface area is 196 Å². The summed E-state index contributed by atoms with van der Waals surface area (Å²) in [6, 6.07) is 15.0. The van der Waals surface area contributed by atoms with Crippen molar-refractivity contribution in [1.82, 2.24) is 10.2 Å². The summed E-state index contributed by atoms with van der Waals surface area (Å²) in [7, 11) is 0. The van der Waals surface area contributed by atoms with E-state index in [2.05, 4.69) is 5.32 Å². The van der Waals surface area contributed by atoms with Crippen molar-refractivity contribution in [2.75, 3.05) is 13.2 Å². The maximum absolute atomic E-state index is 13.2. The fourth-order valence-corrected chi connectivity index (χ4v) is 4.32. The van der Waals surface area contributed by atoms with E-state index in [1.54, 1.807) is 17.0 Å². The molecule has 0 aromatic heterocycles. The molecule has 0 radical (unpaired) electrons. The van der Waals surface area contributed by atoms with Crippen molar-refractivity contribution >= 4 is 23.4 Å². The van der Waals surface area contributed by atoms with Crippen LogP contribution in [-0.2, 0) is 16.0 Å². The molecule has 0 heterocycles. The molecule has 32 heavy (non-hydrogen) atoms. The van der Waals surface area contributed by atoms with E-state index in [0.29, 0.717) is 30.2 Å². The summed E-state index contributed by atoms with van der Waals surface area (Å²) >= 11 is 6.08. The predicted octanol–water partition coefficient (Wildman–Crippen LogP) is 4.94. The normalized spacial score (nSPS) is 14.7. The van der Waals surface area contributed by atoms with Crippen molar-refractivity contribution in [3.05, 3.63) is 64.7 Å². The molecule has 2 aromatic carbocycles. The van der Waals surface area contributed by atoms with Crippen molar-refractivity contribution < 1.29 is 14.3 Å². The molecule has 1 fully saturated rings. The van der Waals surface area contributed by atoms with Gasteiger partial charge in [-0.05, 0) is 61.9 Å². The second kappa shape index (κ2) is 11.9. The van der Waals surface area contributed by atoms with E-state index in [9.17, 15) is 9.59 Å². The number of nitrogens with zero attached hydrogens (tertiary/aromatic N) is 1. The minimum atomic E-state index is -0.512. The van der Waals surface area contributed by atoms with Crippen LogP contribution in [-0.4, -0.2) is 41.9 Å². The molecule has 2 amide bonds. The summed E-state index contributed by atoms with van der Waals surface area (Å²) in [4.78, 5) is 28.0. The molecule has 0 bridgehead atoms. The Hall–Kier alpha value is -2.53. The smallest absolute Gasteiger partial charge is 0.261 e. The van der Waals surface area contributed by atoms with Gasteiger partial charge in [0.1, 0.15) is 11.8 Å². The highest BCUT2D eigenvalue weighted by Gasteiger charge is 2.30. The van der Waals surface area contributed by atoms with Gasteiger partial charge < -0.3 is 15.0 Å². The van der Waals surface area contributed by atoms with Gasteiger partial charge in [-0.25, -0.2) is 0 Å². The lowest BCUT2D eigenvalue weighted by Gasteiger charge is -2.31. The monoisotopic (exact) mass is 456 g/mol. The zero-order valence-electron chi connectivity index (χ0n) is 19.0. The van der Waals surface area contributed by atoms with Gasteiger partial charge in [-0.15, -0.1) is 0 Å². The van der Waals surface area contributed by atoms with E-state index in [-0.39, 0.29) is 24.5 Å². The molecule has 0 unspecified atom stereocenters.